The summed E-state index contributed by atoms with van der Waals surface area (Å²) in [5.41, 5.74) is 0. The van der Waals surface area contributed by atoms with Crippen LogP contribution < -0.4 is 4.18 Å². The maximum absolute atomic E-state index is 10.1. The molecule has 96 valence electrons. The lowest BCUT2D eigenvalue weighted by molar-refractivity contribution is 0.387. The molecule has 0 aliphatic rings. The molecule has 5 nitrogen and oxygen atoms in total. The van der Waals surface area contributed by atoms with Gasteiger partial charge in [0, 0.05) is 0 Å². The van der Waals surface area contributed by atoms with Gasteiger partial charge in [-0.3, -0.25) is 4.55 Å². The van der Waals surface area contributed by atoms with Gasteiger partial charge in [-0.1, -0.05) is 36.4 Å². The highest BCUT2D eigenvalue weighted by atomic mass is 32.3. The molecule has 0 fully saturated rings. The number of hydrogen-bond donors (Lipinski definition) is 2. The zero-order chi connectivity index (χ0) is 13.4. The van der Waals surface area contributed by atoms with Crippen LogP contribution in [0, 0.1) is 0 Å². The van der Waals surface area contributed by atoms with Gasteiger partial charge in [0.25, 0.3) is 0 Å². The van der Waals surface area contributed by atoms with Gasteiger partial charge in [0.05, 0.1) is 0 Å². The number of aromatic hydroxyl groups is 1. The second-order valence-corrected chi connectivity index (χ2v) is 4.18. The second-order valence-electron chi connectivity index (χ2n) is 3.16. The van der Waals surface area contributed by atoms with Crippen molar-refractivity contribution < 1.29 is 22.3 Å². The molecule has 0 heterocycles. The molecule has 0 saturated carbocycles. The highest BCUT2D eigenvalue weighted by molar-refractivity contribution is 7.81. The van der Waals surface area contributed by atoms with Crippen LogP contribution in [-0.2, 0) is 10.4 Å². The first-order valence-electron chi connectivity index (χ1n) is 4.93. The third kappa shape index (κ3) is 6.51. The van der Waals surface area contributed by atoms with Crippen molar-refractivity contribution in [3.8, 4) is 11.5 Å². The van der Waals surface area contributed by atoms with E-state index in [1.165, 1.54) is 12.1 Å². The Morgan fingerprint density at radius 2 is 1.28 bits per heavy atom. The first kappa shape index (κ1) is 14.0. The summed E-state index contributed by atoms with van der Waals surface area (Å²) < 4.78 is 32.6. The van der Waals surface area contributed by atoms with Gasteiger partial charge in [0.1, 0.15) is 11.5 Å². The van der Waals surface area contributed by atoms with Gasteiger partial charge in [-0.25, -0.2) is 0 Å². The fourth-order valence-electron chi connectivity index (χ4n) is 1.03. The Morgan fingerprint density at radius 1 is 0.833 bits per heavy atom. The molecular weight excluding hydrogens is 256 g/mol. The average molecular weight is 268 g/mol. The van der Waals surface area contributed by atoms with E-state index in [0.29, 0.717) is 5.75 Å². The van der Waals surface area contributed by atoms with Crippen LogP contribution in [0.2, 0.25) is 0 Å². The van der Waals surface area contributed by atoms with Crippen LogP contribution in [0.3, 0.4) is 0 Å². The smallest absolute Gasteiger partial charge is 0.446 e. The number of phenols is 1. The summed E-state index contributed by atoms with van der Waals surface area (Å²) in [5, 5.41) is 8.63. The quantitative estimate of drug-likeness (QED) is 0.816. The largest absolute Gasteiger partial charge is 0.508 e. The summed E-state index contributed by atoms with van der Waals surface area (Å²) in [7, 11) is -4.38. The van der Waals surface area contributed by atoms with E-state index in [2.05, 4.69) is 4.18 Å². The summed E-state index contributed by atoms with van der Waals surface area (Å²) in [5.74, 6) is 0.414. The van der Waals surface area contributed by atoms with Gasteiger partial charge in [-0.2, -0.15) is 8.42 Å². The van der Waals surface area contributed by atoms with E-state index < -0.39 is 10.4 Å². The van der Waals surface area contributed by atoms with E-state index in [1.54, 1.807) is 42.5 Å². The standard InChI is InChI=1S/C6H6O4S.C6H6O/c7-11(8,9)10-6-4-2-1-3-5-6;7-6-4-2-1-3-5-6/h1-5H,(H,7,8,9);1-5,7H. The van der Waals surface area contributed by atoms with Crippen molar-refractivity contribution in [3.05, 3.63) is 60.7 Å². The molecule has 0 saturated heterocycles. The predicted molar refractivity (Wildman–Crippen MR) is 66.7 cm³/mol. The summed E-state index contributed by atoms with van der Waals surface area (Å²) in [6.07, 6.45) is 0. The van der Waals surface area contributed by atoms with E-state index in [0.717, 1.165) is 0 Å². The Morgan fingerprint density at radius 3 is 1.61 bits per heavy atom. The number of benzene rings is 2. The van der Waals surface area contributed by atoms with Crippen molar-refractivity contribution in [1.29, 1.82) is 0 Å². The maximum Gasteiger partial charge on any atom is 0.446 e. The first-order valence-corrected chi connectivity index (χ1v) is 6.30. The maximum atomic E-state index is 10.1. The second kappa shape index (κ2) is 6.63. The van der Waals surface area contributed by atoms with E-state index >= 15 is 0 Å². The van der Waals surface area contributed by atoms with Crippen molar-refractivity contribution >= 4 is 10.4 Å². The minimum absolute atomic E-state index is 0.0926. The minimum Gasteiger partial charge on any atom is -0.508 e. The molecule has 2 aromatic carbocycles. The van der Waals surface area contributed by atoms with E-state index in [4.69, 9.17) is 9.66 Å². The molecular formula is C12H12O5S. The van der Waals surface area contributed by atoms with Gasteiger partial charge in [-0.15, -0.1) is 0 Å². The average Bonchev–Trinajstić information content (AvgIpc) is 2.30. The molecule has 2 rings (SSSR count). The Bertz CT molecular complexity index is 552. The summed E-state index contributed by atoms with van der Waals surface area (Å²) in [6.45, 7) is 0. The molecule has 0 unspecified atom stereocenters. The van der Waals surface area contributed by atoms with Gasteiger partial charge in [0.15, 0.2) is 0 Å². The molecule has 0 spiro atoms. The molecule has 0 aliphatic heterocycles. The zero-order valence-corrected chi connectivity index (χ0v) is 10.1. The van der Waals surface area contributed by atoms with Gasteiger partial charge in [0.2, 0.25) is 0 Å². The Labute approximate surface area is 105 Å². The number of phenolic OH excluding ortho intramolecular Hbond substituents is 1. The zero-order valence-electron chi connectivity index (χ0n) is 9.30. The van der Waals surface area contributed by atoms with E-state index in [1.807, 2.05) is 6.07 Å². The molecule has 0 aromatic heterocycles. The van der Waals surface area contributed by atoms with Crippen LogP contribution >= 0.6 is 0 Å². The van der Waals surface area contributed by atoms with Crippen LogP contribution in [0.15, 0.2) is 60.7 Å². The Kier molecular flexibility index (Phi) is 5.16. The number of hydrogen-bond acceptors (Lipinski definition) is 4. The molecule has 18 heavy (non-hydrogen) atoms. The van der Waals surface area contributed by atoms with Crippen LogP contribution in [0.5, 0.6) is 11.5 Å². The molecule has 0 atom stereocenters. The molecule has 2 aromatic rings. The summed E-state index contributed by atoms with van der Waals surface area (Å²) >= 11 is 0. The van der Waals surface area contributed by atoms with Crippen molar-refractivity contribution in [2.24, 2.45) is 0 Å². The molecule has 0 aliphatic carbocycles. The van der Waals surface area contributed by atoms with Gasteiger partial charge >= 0.3 is 10.4 Å². The number of para-hydroxylation sites is 2. The SMILES string of the molecule is O=S(=O)(O)Oc1ccccc1.Oc1ccccc1. The lowest BCUT2D eigenvalue weighted by atomic mass is 10.3. The lowest BCUT2D eigenvalue weighted by Gasteiger charge is -1.98. The van der Waals surface area contributed by atoms with Crippen molar-refractivity contribution in [3.63, 3.8) is 0 Å². The van der Waals surface area contributed by atoms with Crippen LogP contribution in [0.25, 0.3) is 0 Å². The van der Waals surface area contributed by atoms with E-state index in [-0.39, 0.29) is 5.75 Å². The van der Waals surface area contributed by atoms with Crippen molar-refractivity contribution in [2.75, 3.05) is 0 Å². The minimum atomic E-state index is -4.38. The third-order valence-electron chi connectivity index (χ3n) is 1.70. The fraction of sp³-hybridized carbons (Fsp3) is 0. The molecule has 0 bridgehead atoms. The Hall–Kier alpha value is -2.05. The van der Waals surface area contributed by atoms with Crippen LogP contribution in [0.1, 0.15) is 0 Å². The normalized spacial score (nSPS) is 10.1. The monoisotopic (exact) mass is 268 g/mol. The lowest BCUT2D eigenvalue weighted by Crippen LogP contribution is -2.06. The predicted octanol–water partition coefficient (Wildman–Crippen LogP) is 2.26. The topological polar surface area (TPSA) is 83.8 Å². The molecule has 6 heteroatoms. The van der Waals surface area contributed by atoms with Crippen molar-refractivity contribution in [2.45, 2.75) is 0 Å². The first-order chi connectivity index (χ1) is 8.47. The fourth-order valence-corrected chi connectivity index (χ4v) is 1.38. The molecule has 0 radical (unpaired) electrons. The third-order valence-corrected chi connectivity index (χ3v) is 2.10. The Balaban J connectivity index is 0.000000199. The summed E-state index contributed by atoms with van der Waals surface area (Å²) in [6, 6.07) is 16.5. The highest BCUT2D eigenvalue weighted by Crippen LogP contribution is 2.09. The number of rotatable bonds is 2. The highest BCUT2D eigenvalue weighted by Gasteiger charge is 2.04. The summed E-state index contributed by atoms with van der Waals surface area (Å²) in [4.78, 5) is 0. The van der Waals surface area contributed by atoms with Gasteiger partial charge in [-0.05, 0) is 24.3 Å². The van der Waals surface area contributed by atoms with Gasteiger partial charge < -0.3 is 9.29 Å². The molecule has 2 N–H and O–H groups in total. The van der Waals surface area contributed by atoms with Crippen molar-refractivity contribution in [1.82, 2.24) is 0 Å². The van der Waals surface area contributed by atoms with Crippen LogP contribution in [-0.4, -0.2) is 18.1 Å². The molecule has 0 amide bonds. The van der Waals surface area contributed by atoms with E-state index in [9.17, 15) is 8.42 Å². The van der Waals surface area contributed by atoms with Crippen LogP contribution in [0.4, 0.5) is 0 Å².